The van der Waals surface area contributed by atoms with Gasteiger partial charge in [0.05, 0.1) is 0 Å². The number of H-pyrrole nitrogens is 1. The van der Waals surface area contributed by atoms with E-state index in [4.69, 9.17) is 5.73 Å². The number of rotatable bonds is 7. The number of aryl methyl sites for hydroxylation is 1. The molecule has 4 N–H and O–H groups in total. The van der Waals surface area contributed by atoms with E-state index in [-0.39, 0.29) is 11.7 Å². The molecular formula is C13H24N4O. The topological polar surface area (TPSA) is 83.8 Å². The number of aromatic nitrogens is 2. The zero-order chi connectivity index (χ0) is 13.5. The number of nitrogens with zero attached hydrogens (tertiary/aromatic N) is 1. The van der Waals surface area contributed by atoms with E-state index in [0.29, 0.717) is 23.7 Å². The molecule has 0 aliphatic carbocycles. The molecule has 1 amide bonds. The van der Waals surface area contributed by atoms with Gasteiger partial charge < -0.3 is 11.1 Å². The van der Waals surface area contributed by atoms with Crippen molar-refractivity contribution in [3.8, 4) is 0 Å². The van der Waals surface area contributed by atoms with Gasteiger partial charge in [0, 0.05) is 12.2 Å². The number of unbranched alkanes of at least 4 members (excludes halogenated alkanes) is 1. The Morgan fingerprint density at radius 1 is 1.50 bits per heavy atom. The fourth-order valence-corrected chi connectivity index (χ4v) is 2.00. The Morgan fingerprint density at radius 2 is 2.22 bits per heavy atom. The van der Waals surface area contributed by atoms with Gasteiger partial charge in [0.1, 0.15) is 5.56 Å². The third-order valence-electron chi connectivity index (χ3n) is 3.30. The fourth-order valence-electron chi connectivity index (χ4n) is 2.00. The second-order valence-electron chi connectivity index (χ2n) is 4.74. The van der Waals surface area contributed by atoms with Crippen molar-refractivity contribution < 1.29 is 4.79 Å². The van der Waals surface area contributed by atoms with Gasteiger partial charge in [-0.05, 0) is 19.3 Å². The lowest BCUT2D eigenvalue weighted by Crippen LogP contribution is -2.29. The van der Waals surface area contributed by atoms with Crippen LogP contribution in [-0.4, -0.2) is 22.6 Å². The number of hydrogen-bond donors (Lipinski definition) is 3. The molecule has 0 spiro atoms. The van der Waals surface area contributed by atoms with E-state index >= 15 is 0 Å². The number of nitrogen functional groups attached to an aromatic ring is 1. The van der Waals surface area contributed by atoms with E-state index in [1.165, 1.54) is 12.8 Å². The van der Waals surface area contributed by atoms with Crippen LogP contribution in [0.1, 0.15) is 55.6 Å². The average molecular weight is 252 g/mol. The van der Waals surface area contributed by atoms with Crippen LogP contribution in [0.15, 0.2) is 0 Å². The number of anilines is 1. The summed E-state index contributed by atoms with van der Waals surface area (Å²) in [4.78, 5) is 12.0. The summed E-state index contributed by atoms with van der Waals surface area (Å²) in [7, 11) is 0. The molecule has 1 unspecified atom stereocenters. The Balaban J connectivity index is 2.50. The van der Waals surface area contributed by atoms with Crippen LogP contribution in [0, 0.1) is 12.8 Å². The maximum Gasteiger partial charge on any atom is 0.256 e. The van der Waals surface area contributed by atoms with Gasteiger partial charge in [-0.1, -0.05) is 33.1 Å². The maximum atomic E-state index is 12.0. The highest BCUT2D eigenvalue weighted by molar-refractivity contribution is 5.99. The standard InChI is InChI=1S/C13H24N4O/c1-4-6-7-10(5-2)8-15-13(18)11-9(3)16-17-12(11)14/h10H,4-8H2,1-3H3,(H,15,18)(H3,14,16,17). The van der Waals surface area contributed by atoms with Gasteiger partial charge in [0.25, 0.3) is 5.91 Å². The summed E-state index contributed by atoms with van der Waals surface area (Å²) in [6.45, 7) is 6.84. The molecule has 0 radical (unpaired) electrons. The highest BCUT2D eigenvalue weighted by Crippen LogP contribution is 2.14. The predicted octanol–water partition coefficient (Wildman–Crippen LogP) is 2.25. The number of aromatic amines is 1. The van der Waals surface area contributed by atoms with E-state index in [9.17, 15) is 4.79 Å². The van der Waals surface area contributed by atoms with Gasteiger partial charge in [-0.3, -0.25) is 9.89 Å². The molecule has 0 aliphatic rings. The summed E-state index contributed by atoms with van der Waals surface area (Å²) in [6, 6.07) is 0. The second kappa shape index (κ2) is 7.03. The molecule has 1 rings (SSSR count). The van der Waals surface area contributed by atoms with Gasteiger partial charge >= 0.3 is 0 Å². The first-order valence-corrected chi connectivity index (χ1v) is 6.68. The molecule has 102 valence electrons. The number of carbonyl (C=O) groups is 1. The molecule has 0 bridgehead atoms. The smallest absolute Gasteiger partial charge is 0.256 e. The third-order valence-corrected chi connectivity index (χ3v) is 3.30. The SMILES string of the molecule is CCCCC(CC)CNC(=O)c1c(N)n[nH]c1C. The Labute approximate surface area is 109 Å². The van der Waals surface area contributed by atoms with Crippen LogP contribution in [0.3, 0.4) is 0 Å². The normalized spacial score (nSPS) is 12.4. The van der Waals surface area contributed by atoms with E-state index in [1.807, 2.05) is 0 Å². The lowest BCUT2D eigenvalue weighted by atomic mass is 9.99. The first kappa shape index (κ1) is 14.5. The molecule has 1 aromatic heterocycles. The number of carbonyl (C=O) groups excluding carboxylic acids is 1. The Kier molecular flexibility index (Phi) is 5.68. The van der Waals surface area contributed by atoms with Crippen LogP contribution in [0.5, 0.6) is 0 Å². The molecule has 0 saturated heterocycles. The summed E-state index contributed by atoms with van der Waals surface area (Å²) in [5.74, 6) is 0.683. The lowest BCUT2D eigenvalue weighted by molar-refractivity contribution is 0.0946. The number of nitrogens with two attached hydrogens (primary N) is 1. The highest BCUT2D eigenvalue weighted by atomic mass is 16.1. The monoisotopic (exact) mass is 252 g/mol. The first-order valence-electron chi connectivity index (χ1n) is 6.68. The van der Waals surface area contributed by atoms with Crippen molar-refractivity contribution in [2.45, 2.75) is 46.5 Å². The van der Waals surface area contributed by atoms with Crippen LogP contribution >= 0.6 is 0 Å². The predicted molar refractivity (Wildman–Crippen MR) is 73.4 cm³/mol. The summed E-state index contributed by atoms with van der Waals surface area (Å²) < 4.78 is 0. The van der Waals surface area contributed by atoms with Crippen LogP contribution in [0.2, 0.25) is 0 Å². The van der Waals surface area contributed by atoms with Crippen molar-refractivity contribution in [1.29, 1.82) is 0 Å². The number of amides is 1. The summed E-state index contributed by atoms with van der Waals surface area (Å²) in [5.41, 5.74) is 6.85. The minimum absolute atomic E-state index is 0.131. The zero-order valence-electron chi connectivity index (χ0n) is 11.5. The van der Waals surface area contributed by atoms with Crippen molar-refractivity contribution >= 4 is 11.7 Å². The molecule has 5 nitrogen and oxygen atoms in total. The van der Waals surface area contributed by atoms with Crippen LogP contribution in [0.4, 0.5) is 5.82 Å². The average Bonchev–Trinajstić information content (AvgIpc) is 2.69. The van der Waals surface area contributed by atoms with Gasteiger partial charge in [-0.2, -0.15) is 5.10 Å². The molecule has 18 heavy (non-hydrogen) atoms. The Bertz CT molecular complexity index is 367. The van der Waals surface area contributed by atoms with Crippen molar-refractivity contribution in [2.24, 2.45) is 5.92 Å². The van der Waals surface area contributed by atoms with Gasteiger partial charge in [0.15, 0.2) is 5.82 Å². The van der Waals surface area contributed by atoms with E-state index in [2.05, 4.69) is 29.4 Å². The highest BCUT2D eigenvalue weighted by Gasteiger charge is 2.16. The summed E-state index contributed by atoms with van der Waals surface area (Å²) in [5, 5.41) is 9.49. The molecular weight excluding hydrogens is 228 g/mol. The first-order chi connectivity index (χ1) is 8.60. The van der Waals surface area contributed by atoms with E-state index in [0.717, 1.165) is 12.8 Å². The van der Waals surface area contributed by atoms with Gasteiger partial charge in [-0.25, -0.2) is 0 Å². The minimum atomic E-state index is -0.131. The van der Waals surface area contributed by atoms with E-state index < -0.39 is 0 Å². The molecule has 1 atom stereocenters. The number of nitrogens with one attached hydrogen (secondary N) is 2. The molecule has 1 aromatic rings. The van der Waals surface area contributed by atoms with Gasteiger partial charge in [-0.15, -0.1) is 0 Å². The summed E-state index contributed by atoms with van der Waals surface area (Å²) in [6.07, 6.45) is 4.65. The molecule has 0 aromatic carbocycles. The fraction of sp³-hybridized carbons (Fsp3) is 0.692. The van der Waals surface area contributed by atoms with Crippen molar-refractivity contribution in [1.82, 2.24) is 15.5 Å². The van der Waals surface area contributed by atoms with Crippen molar-refractivity contribution in [2.75, 3.05) is 12.3 Å². The van der Waals surface area contributed by atoms with E-state index in [1.54, 1.807) is 6.92 Å². The second-order valence-corrected chi connectivity index (χ2v) is 4.74. The minimum Gasteiger partial charge on any atom is -0.382 e. The molecule has 0 aliphatic heterocycles. The van der Waals surface area contributed by atoms with Crippen LogP contribution in [0.25, 0.3) is 0 Å². The van der Waals surface area contributed by atoms with Crippen LogP contribution in [-0.2, 0) is 0 Å². The lowest BCUT2D eigenvalue weighted by Gasteiger charge is -2.15. The Morgan fingerprint density at radius 3 is 2.72 bits per heavy atom. The quantitative estimate of drug-likeness (QED) is 0.696. The molecule has 0 saturated carbocycles. The summed E-state index contributed by atoms with van der Waals surface area (Å²) >= 11 is 0. The van der Waals surface area contributed by atoms with Gasteiger partial charge in [0.2, 0.25) is 0 Å². The number of hydrogen-bond acceptors (Lipinski definition) is 3. The molecule has 1 heterocycles. The molecule has 0 fully saturated rings. The van der Waals surface area contributed by atoms with Crippen LogP contribution < -0.4 is 11.1 Å². The third kappa shape index (κ3) is 3.75. The maximum absolute atomic E-state index is 12.0. The van der Waals surface area contributed by atoms with Crippen molar-refractivity contribution in [3.63, 3.8) is 0 Å². The largest absolute Gasteiger partial charge is 0.382 e. The Hall–Kier alpha value is -1.52. The molecule has 5 heteroatoms. The zero-order valence-corrected chi connectivity index (χ0v) is 11.5. The van der Waals surface area contributed by atoms with Crippen molar-refractivity contribution in [3.05, 3.63) is 11.3 Å².